The summed E-state index contributed by atoms with van der Waals surface area (Å²) in [5.41, 5.74) is 0.421. The quantitative estimate of drug-likeness (QED) is 0.818. The lowest BCUT2D eigenvalue weighted by Gasteiger charge is -2.20. The maximum atomic E-state index is 12.5. The van der Waals surface area contributed by atoms with Crippen molar-refractivity contribution in [1.29, 1.82) is 0 Å². The van der Waals surface area contributed by atoms with Crippen molar-refractivity contribution in [2.45, 2.75) is 24.8 Å². The van der Waals surface area contributed by atoms with E-state index in [0.717, 1.165) is 6.54 Å². The normalized spacial score (nSPS) is 28.1. The Morgan fingerprint density at radius 2 is 2.28 bits per heavy atom. The van der Waals surface area contributed by atoms with Gasteiger partial charge in [-0.15, -0.1) is 11.3 Å². The number of carbonyl (C=O) groups excluding carboxylic acids is 1. The first-order valence-corrected chi connectivity index (χ1v) is 10.7. The summed E-state index contributed by atoms with van der Waals surface area (Å²) in [6, 6.07) is 3.84. The molecule has 1 amide bonds. The zero-order valence-electron chi connectivity index (χ0n) is 13.8. The second-order valence-electron chi connectivity index (χ2n) is 6.81. The molecule has 0 aliphatic carbocycles. The molecule has 2 N–H and O–H groups in total. The Kier molecular flexibility index (Phi) is 4.17. The highest BCUT2D eigenvalue weighted by atomic mass is 32.2. The first kappa shape index (κ1) is 16.7. The number of H-pyrrole nitrogens is 1. The van der Waals surface area contributed by atoms with Gasteiger partial charge in [0.2, 0.25) is 0 Å². The van der Waals surface area contributed by atoms with Crippen LogP contribution in [0, 0.1) is 12.8 Å². The van der Waals surface area contributed by atoms with Crippen LogP contribution in [0.2, 0.25) is 0 Å². The number of likely N-dealkylation sites (tertiary alicyclic amines) is 1. The summed E-state index contributed by atoms with van der Waals surface area (Å²) in [4.78, 5) is 16.9. The Bertz CT molecular complexity index is 875. The molecule has 4 rings (SSSR count). The van der Waals surface area contributed by atoms with Gasteiger partial charge in [-0.1, -0.05) is 0 Å². The summed E-state index contributed by atoms with van der Waals surface area (Å²) < 4.78 is 25.1. The van der Waals surface area contributed by atoms with Gasteiger partial charge in [0, 0.05) is 47.5 Å². The predicted molar refractivity (Wildman–Crippen MR) is 95.2 cm³/mol. The van der Waals surface area contributed by atoms with Crippen molar-refractivity contribution in [1.82, 2.24) is 20.4 Å². The number of carbonyl (C=O) groups is 1. The van der Waals surface area contributed by atoms with Crippen LogP contribution in [0.3, 0.4) is 0 Å². The van der Waals surface area contributed by atoms with E-state index in [4.69, 9.17) is 0 Å². The number of hydrogen-bond donors (Lipinski definition) is 2. The van der Waals surface area contributed by atoms with Crippen LogP contribution in [0.5, 0.6) is 0 Å². The Balaban J connectivity index is 1.47. The maximum absolute atomic E-state index is 12.5. The maximum Gasteiger partial charge on any atom is 0.254 e. The number of thiophene rings is 1. The Morgan fingerprint density at radius 1 is 1.44 bits per heavy atom. The Morgan fingerprint density at radius 3 is 2.96 bits per heavy atom. The molecule has 0 bridgehead atoms. The molecule has 134 valence electrons. The number of nitrogens with zero attached hydrogens (tertiary/aromatic N) is 2. The molecule has 2 fully saturated rings. The van der Waals surface area contributed by atoms with Crippen LogP contribution in [0.1, 0.15) is 20.1 Å². The molecule has 4 heterocycles. The number of aromatic nitrogens is 2. The van der Waals surface area contributed by atoms with Crippen molar-refractivity contribution in [3.63, 3.8) is 0 Å². The summed E-state index contributed by atoms with van der Waals surface area (Å²) in [5.74, 6) is -0.304. The lowest BCUT2D eigenvalue weighted by molar-refractivity contribution is 0.0930. The molecule has 2 aliphatic heterocycles. The van der Waals surface area contributed by atoms with Crippen molar-refractivity contribution in [2.75, 3.05) is 18.8 Å². The number of aromatic amines is 1. The van der Waals surface area contributed by atoms with Crippen LogP contribution in [-0.2, 0) is 16.4 Å². The second kappa shape index (κ2) is 6.22. The minimum absolute atomic E-state index is 0.0257. The zero-order chi connectivity index (χ0) is 17.6. The molecule has 0 spiro atoms. The van der Waals surface area contributed by atoms with Gasteiger partial charge in [0.15, 0.2) is 9.84 Å². The largest absolute Gasteiger partial charge is 0.348 e. The minimum atomic E-state index is -3.18. The van der Waals surface area contributed by atoms with E-state index in [2.05, 4.69) is 39.5 Å². The highest BCUT2D eigenvalue weighted by Crippen LogP contribution is 2.35. The average molecular weight is 380 g/mol. The fourth-order valence-electron chi connectivity index (χ4n) is 3.84. The Labute approximate surface area is 150 Å². The summed E-state index contributed by atoms with van der Waals surface area (Å²) in [6.07, 6.45) is 2.95. The fraction of sp³-hybridized carbons (Fsp3) is 0.500. The van der Waals surface area contributed by atoms with Crippen LogP contribution in [0.4, 0.5) is 0 Å². The lowest BCUT2D eigenvalue weighted by atomic mass is 10.0. The highest BCUT2D eigenvalue weighted by molar-refractivity contribution is 7.92. The SMILES string of the molecule is Cc1ccc(CN2C[C@H]3[C@H](NC(=O)c4cn[nH]c4)CS(=O)(=O)[C@H]3C2)s1. The fourth-order valence-corrected chi connectivity index (χ4v) is 7.10. The van der Waals surface area contributed by atoms with Gasteiger partial charge in [0.25, 0.3) is 5.91 Å². The van der Waals surface area contributed by atoms with E-state index in [9.17, 15) is 13.2 Å². The number of rotatable bonds is 4. The van der Waals surface area contributed by atoms with Crippen molar-refractivity contribution < 1.29 is 13.2 Å². The standard InChI is InChI=1S/C16H20N4O3S2/c1-10-2-3-12(24-10)6-20-7-13-14(9-25(22,23)15(13)8-20)19-16(21)11-4-17-18-5-11/h2-5,13-15H,6-9H2,1H3,(H,17,18)(H,19,21)/t13-,14+,15-/m0/s1. The minimum Gasteiger partial charge on any atom is -0.348 e. The molecule has 9 heteroatoms. The van der Waals surface area contributed by atoms with Gasteiger partial charge in [-0.25, -0.2) is 8.42 Å². The predicted octanol–water partition coefficient (Wildman–Crippen LogP) is 0.807. The first-order chi connectivity index (χ1) is 11.9. The first-order valence-electron chi connectivity index (χ1n) is 8.21. The molecule has 0 saturated carbocycles. The highest BCUT2D eigenvalue weighted by Gasteiger charge is 2.52. The van der Waals surface area contributed by atoms with E-state index in [0.29, 0.717) is 18.7 Å². The molecule has 25 heavy (non-hydrogen) atoms. The van der Waals surface area contributed by atoms with E-state index >= 15 is 0 Å². The van der Waals surface area contributed by atoms with Crippen molar-refractivity contribution >= 4 is 27.1 Å². The monoisotopic (exact) mass is 380 g/mol. The van der Waals surface area contributed by atoms with Crippen LogP contribution < -0.4 is 5.32 Å². The lowest BCUT2D eigenvalue weighted by Crippen LogP contribution is -2.41. The van der Waals surface area contributed by atoms with Crippen LogP contribution >= 0.6 is 11.3 Å². The van der Waals surface area contributed by atoms with Gasteiger partial charge in [-0.2, -0.15) is 5.10 Å². The van der Waals surface area contributed by atoms with Crippen LogP contribution in [-0.4, -0.2) is 59.6 Å². The number of hydrogen-bond acceptors (Lipinski definition) is 6. The summed E-state index contributed by atoms with van der Waals surface area (Å²) in [6.45, 7) is 4.07. The molecule has 2 saturated heterocycles. The number of aryl methyl sites for hydroxylation is 1. The van der Waals surface area contributed by atoms with Gasteiger partial charge in [0.1, 0.15) is 0 Å². The van der Waals surface area contributed by atoms with E-state index in [1.165, 1.54) is 22.1 Å². The molecule has 0 unspecified atom stereocenters. The van der Waals surface area contributed by atoms with E-state index in [1.54, 1.807) is 11.3 Å². The molecular weight excluding hydrogens is 360 g/mol. The smallest absolute Gasteiger partial charge is 0.254 e. The van der Waals surface area contributed by atoms with Crippen molar-refractivity contribution in [2.24, 2.45) is 5.92 Å². The number of amides is 1. The number of sulfone groups is 1. The molecule has 2 aromatic heterocycles. The number of nitrogens with one attached hydrogen (secondary N) is 2. The molecule has 0 aromatic carbocycles. The summed E-state index contributed by atoms with van der Waals surface area (Å²) >= 11 is 1.74. The van der Waals surface area contributed by atoms with Crippen LogP contribution in [0.25, 0.3) is 0 Å². The molecule has 0 radical (unpaired) electrons. The molecule has 2 aliphatic rings. The van der Waals surface area contributed by atoms with E-state index in [-0.39, 0.29) is 28.9 Å². The summed E-state index contributed by atoms with van der Waals surface area (Å²) in [7, 11) is -3.18. The summed E-state index contributed by atoms with van der Waals surface area (Å²) in [5, 5.41) is 8.87. The van der Waals surface area contributed by atoms with E-state index in [1.807, 2.05) is 0 Å². The van der Waals surface area contributed by atoms with Crippen LogP contribution in [0.15, 0.2) is 24.5 Å². The second-order valence-corrected chi connectivity index (χ2v) is 10.4. The molecule has 7 nitrogen and oxygen atoms in total. The van der Waals surface area contributed by atoms with Gasteiger partial charge in [-0.05, 0) is 19.1 Å². The van der Waals surface area contributed by atoms with E-state index < -0.39 is 9.84 Å². The zero-order valence-corrected chi connectivity index (χ0v) is 15.4. The van der Waals surface area contributed by atoms with Crippen molar-refractivity contribution in [3.8, 4) is 0 Å². The number of fused-ring (bicyclic) bond motifs is 1. The third kappa shape index (κ3) is 3.23. The molecule has 2 aromatic rings. The van der Waals surface area contributed by atoms with Gasteiger partial charge < -0.3 is 5.32 Å². The van der Waals surface area contributed by atoms with Gasteiger partial charge in [0.05, 0.1) is 22.8 Å². The Hall–Kier alpha value is -1.71. The van der Waals surface area contributed by atoms with Gasteiger partial charge in [-0.3, -0.25) is 14.8 Å². The van der Waals surface area contributed by atoms with Gasteiger partial charge >= 0.3 is 0 Å². The average Bonchev–Trinajstić information content (AvgIpc) is 3.29. The topological polar surface area (TPSA) is 95.2 Å². The van der Waals surface area contributed by atoms with Crippen molar-refractivity contribution in [3.05, 3.63) is 39.8 Å². The third-order valence-electron chi connectivity index (χ3n) is 5.03. The molecule has 3 atom stereocenters. The third-order valence-corrected chi connectivity index (χ3v) is 8.26. The molecular formula is C16H20N4O3S2.